The van der Waals surface area contributed by atoms with E-state index in [0.717, 1.165) is 37.6 Å². The van der Waals surface area contributed by atoms with Crippen molar-refractivity contribution in [2.24, 2.45) is 0 Å². The summed E-state index contributed by atoms with van der Waals surface area (Å²) in [7, 11) is 1.66. The lowest BCUT2D eigenvalue weighted by atomic mass is 10.0. The molecule has 2 aliphatic heterocycles. The number of piperazine rings is 1. The molecule has 9 heteroatoms. The standard InChI is InChI=1S/C24H25N5O2S2/c1-4-29-21(28-12-10-27(11-13-28)17-8-6-5-7-9-17)18(16(2)19(15-25)22(29)30)14-20-23(31)26(3)24(32)33-20/h5-9,14H,4,10-13H2,1-3H3. The lowest BCUT2D eigenvalue weighted by Gasteiger charge is -2.39. The SMILES string of the molecule is CCn1c(N2CCN(c3ccccc3)CC2)c(C=C2SC(=S)N(C)C2=O)c(C)c(C#N)c1=O. The zero-order valence-electron chi connectivity index (χ0n) is 18.9. The number of pyridine rings is 1. The highest BCUT2D eigenvalue weighted by molar-refractivity contribution is 8.26. The second kappa shape index (κ2) is 9.41. The number of nitrogens with zero attached hydrogens (tertiary/aromatic N) is 5. The second-order valence-corrected chi connectivity index (χ2v) is 9.62. The van der Waals surface area contributed by atoms with Crippen LogP contribution in [0.5, 0.6) is 0 Å². The molecule has 170 valence electrons. The number of carbonyl (C=O) groups is 1. The fraction of sp³-hybridized carbons (Fsp3) is 0.333. The van der Waals surface area contributed by atoms with E-state index >= 15 is 0 Å². The van der Waals surface area contributed by atoms with Gasteiger partial charge in [-0.2, -0.15) is 5.26 Å². The van der Waals surface area contributed by atoms with Crippen molar-refractivity contribution in [2.75, 3.05) is 43.0 Å². The number of para-hydroxylation sites is 1. The average Bonchev–Trinajstić information content (AvgIpc) is 3.08. The highest BCUT2D eigenvalue weighted by Gasteiger charge is 2.31. The van der Waals surface area contributed by atoms with Gasteiger partial charge in [0.25, 0.3) is 11.5 Å². The number of likely N-dealkylation sites (N-methyl/N-ethyl adjacent to an activating group) is 1. The molecule has 2 aromatic rings. The summed E-state index contributed by atoms with van der Waals surface area (Å²) >= 11 is 6.53. The molecule has 0 spiro atoms. The summed E-state index contributed by atoms with van der Waals surface area (Å²) in [4.78, 5) is 32.3. The molecule has 0 radical (unpaired) electrons. The Hall–Kier alpha value is -3.09. The first-order valence-corrected chi connectivity index (χ1v) is 12.0. The highest BCUT2D eigenvalue weighted by Crippen LogP contribution is 2.35. The fourth-order valence-corrected chi connectivity index (χ4v) is 5.43. The molecule has 1 aromatic heterocycles. The van der Waals surface area contributed by atoms with E-state index in [1.54, 1.807) is 24.6 Å². The molecule has 1 amide bonds. The Labute approximate surface area is 202 Å². The summed E-state index contributed by atoms with van der Waals surface area (Å²) in [6.07, 6.45) is 1.80. The Morgan fingerprint density at radius 1 is 1.12 bits per heavy atom. The van der Waals surface area contributed by atoms with Crippen LogP contribution in [0.1, 0.15) is 23.6 Å². The first-order valence-electron chi connectivity index (χ1n) is 10.8. The Bertz CT molecular complexity index is 1240. The molecule has 33 heavy (non-hydrogen) atoms. The lowest BCUT2D eigenvalue weighted by Crippen LogP contribution is -2.48. The number of nitriles is 1. The minimum absolute atomic E-state index is 0.113. The van der Waals surface area contributed by atoms with E-state index in [4.69, 9.17) is 12.2 Å². The molecule has 4 rings (SSSR count). The van der Waals surface area contributed by atoms with Gasteiger partial charge in [-0.25, -0.2) is 0 Å². The largest absolute Gasteiger partial charge is 0.368 e. The van der Waals surface area contributed by atoms with Crippen LogP contribution in [0.25, 0.3) is 6.08 Å². The summed E-state index contributed by atoms with van der Waals surface area (Å²) in [5, 5.41) is 9.70. The van der Waals surface area contributed by atoms with Crippen LogP contribution in [0, 0.1) is 18.3 Å². The van der Waals surface area contributed by atoms with E-state index < -0.39 is 0 Å². The van der Waals surface area contributed by atoms with Gasteiger partial charge in [0.2, 0.25) is 0 Å². The molecule has 0 atom stereocenters. The van der Waals surface area contributed by atoms with E-state index in [2.05, 4.69) is 28.0 Å². The van der Waals surface area contributed by atoms with Crippen LogP contribution in [0.2, 0.25) is 0 Å². The Morgan fingerprint density at radius 2 is 1.76 bits per heavy atom. The minimum Gasteiger partial charge on any atom is -0.368 e. The molecular weight excluding hydrogens is 454 g/mol. The van der Waals surface area contributed by atoms with Gasteiger partial charge < -0.3 is 9.80 Å². The molecular formula is C24H25N5O2S2. The molecule has 7 nitrogen and oxygen atoms in total. The van der Waals surface area contributed by atoms with Crippen LogP contribution in [0.3, 0.4) is 0 Å². The first kappa shape index (κ1) is 23.1. The van der Waals surface area contributed by atoms with Crippen LogP contribution < -0.4 is 15.4 Å². The van der Waals surface area contributed by atoms with E-state index in [0.29, 0.717) is 21.3 Å². The van der Waals surface area contributed by atoms with Crippen LogP contribution in [0.4, 0.5) is 11.5 Å². The molecule has 0 saturated carbocycles. The van der Waals surface area contributed by atoms with E-state index in [1.165, 1.54) is 22.3 Å². The van der Waals surface area contributed by atoms with Crippen molar-refractivity contribution in [1.29, 1.82) is 5.26 Å². The Morgan fingerprint density at radius 3 is 2.30 bits per heavy atom. The van der Waals surface area contributed by atoms with Gasteiger partial charge in [0.15, 0.2) is 0 Å². The third kappa shape index (κ3) is 4.16. The third-order valence-corrected chi connectivity index (χ3v) is 7.61. The van der Waals surface area contributed by atoms with Crippen molar-refractivity contribution >= 4 is 51.8 Å². The number of carbonyl (C=O) groups excluding carboxylic acids is 1. The maximum absolute atomic E-state index is 13.1. The zero-order valence-corrected chi connectivity index (χ0v) is 20.5. The smallest absolute Gasteiger partial charge is 0.270 e. The van der Waals surface area contributed by atoms with Gasteiger partial charge in [0.05, 0.1) is 4.91 Å². The predicted octanol–water partition coefficient (Wildman–Crippen LogP) is 3.21. The van der Waals surface area contributed by atoms with Crippen molar-refractivity contribution < 1.29 is 4.79 Å². The molecule has 2 aliphatic rings. The maximum atomic E-state index is 13.1. The number of anilines is 2. The summed E-state index contributed by atoms with van der Waals surface area (Å²) in [6, 6.07) is 12.3. The monoisotopic (exact) mass is 479 g/mol. The summed E-state index contributed by atoms with van der Waals surface area (Å²) in [5.74, 6) is 0.588. The number of thiocarbonyl (C=S) groups is 1. The molecule has 0 aliphatic carbocycles. The van der Waals surface area contributed by atoms with E-state index in [-0.39, 0.29) is 17.0 Å². The normalized spacial score (nSPS) is 17.8. The quantitative estimate of drug-likeness (QED) is 0.493. The van der Waals surface area contributed by atoms with Crippen LogP contribution in [-0.4, -0.2) is 52.9 Å². The molecule has 2 saturated heterocycles. The van der Waals surface area contributed by atoms with E-state index in [9.17, 15) is 14.9 Å². The number of rotatable bonds is 4. The number of hydrogen-bond donors (Lipinski definition) is 0. The second-order valence-electron chi connectivity index (χ2n) is 7.95. The van der Waals surface area contributed by atoms with Crippen LogP contribution in [0.15, 0.2) is 40.0 Å². The number of benzene rings is 1. The van der Waals surface area contributed by atoms with Gasteiger partial charge in [-0.05, 0) is 37.6 Å². The molecule has 3 heterocycles. The molecule has 0 bridgehead atoms. The Kier molecular flexibility index (Phi) is 6.58. The number of hydrogen-bond acceptors (Lipinski definition) is 7. The van der Waals surface area contributed by atoms with Gasteiger partial charge in [-0.1, -0.05) is 42.2 Å². The maximum Gasteiger partial charge on any atom is 0.270 e. The van der Waals surface area contributed by atoms with Gasteiger partial charge in [-0.15, -0.1) is 0 Å². The van der Waals surface area contributed by atoms with Crippen molar-refractivity contribution in [2.45, 2.75) is 20.4 Å². The minimum atomic E-state index is -0.293. The van der Waals surface area contributed by atoms with Crippen molar-refractivity contribution in [3.63, 3.8) is 0 Å². The molecule has 0 N–H and O–H groups in total. The summed E-state index contributed by atoms with van der Waals surface area (Å²) in [5.41, 5.74) is 2.32. The van der Waals surface area contributed by atoms with Crippen molar-refractivity contribution in [1.82, 2.24) is 9.47 Å². The number of amides is 1. The highest BCUT2D eigenvalue weighted by atomic mass is 32.2. The van der Waals surface area contributed by atoms with Crippen LogP contribution in [-0.2, 0) is 11.3 Å². The molecule has 2 fully saturated rings. The lowest BCUT2D eigenvalue weighted by molar-refractivity contribution is -0.121. The number of aromatic nitrogens is 1. The van der Waals surface area contributed by atoms with Gasteiger partial charge in [0, 0.05) is 51.0 Å². The molecule has 0 unspecified atom stereocenters. The summed E-state index contributed by atoms with van der Waals surface area (Å²) < 4.78 is 2.15. The van der Waals surface area contributed by atoms with Gasteiger partial charge >= 0.3 is 0 Å². The predicted molar refractivity (Wildman–Crippen MR) is 138 cm³/mol. The Balaban J connectivity index is 1.79. The number of thioether (sulfide) groups is 1. The fourth-order valence-electron chi connectivity index (χ4n) is 4.27. The van der Waals surface area contributed by atoms with E-state index in [1.807, 2.05) is 25.1 Å². The van der Waals surface area contributed by atoms with Crippen molar-refractivity contribution in [3.8, 4) is 6.07 Å². The van der Waals surface area contributed by atoms with Crippen molar-refractivity contribution in [3.05, 3.63) is 62.3 Å². The first-order chi connectivity index (χ1) is 15.9. The third-order valence-electron chi connectivity index (χ3n) is 6.13. The average molecular weight is 480 g/mol. The van der Waals surface area contributed by atoms with Crippen LogP contribution >= 0.6 is 24.0 Å². The zero-order chi connectivity index (χ0) is 23.7. The topological polar surface area (TPSA) is 72.6 Å². The van der Waals surface area contributed by atoms with Gasteiger partial charge in [0.1, 0.15) is 21.8 Å². The molecule has 1 aromatic carbocycles. The van der Waals surface area contributed by atoms with Gasteiger partial charge in [-0.3, -0.25) is 19.1 Å². The summed E-state index contributed by atoms with van der Waals surface area (Å²) in [6.45, 7) is 7.15.